The Labute approximate surface area is 98.5 Å². The number of hydrogen-bond acceptors (Lipinski definition) is 4. The minimum absolute atomic E-state index is 0.120. The highest BCUT2D eigenvalue weighted by Crippen LogP contribution is 2.23. The van der Waals surface area contributed by atoms with Gasteiger partial charge in [0.05, 0.1) is 13.5 Å². The molecule has 4 nitrogen and oxygen atoms in total. The molecular weight excluding hydrogens is 204 g/mol. The number of esters is 1. The molecule has 94 valence electrons. The maximum Gasteiger partial charge on any atom is 0.307 e. The molecule has 0 aromatic rings. The van der Waals surface area contributed by atoms with Gasteiger partial charge in [-0.2, -0.15) is 0 Å². The van der Waals surface area contributed by atoms with Crippen LogP contribution in [-0.2, 0) is 9.53 Å². The van der Waals surface area contributed by atoms with Gasteiger partial charge >= 0.3 is 5.97 Å². The highest BCUT2D eigenvalue weighted by atomic mass is 16.5. The quantitative estimate of drug-likeness (QED) is 0.655. The van der Waals surface area contributed by atoms with Gasteiger partial charge in [0.2, 0.25) is 0 Å². The van der Waals surface area contributed by atoms with E-state index in [1.54, 1.807) is 0 Å². The van der Waals surface area contributed by atoms with Crippen molar-refractivity contribution in [3.8, 4) is 0 Å². The Morgan fingerprint density at radius 2 is 2.00 bits per heavy atom. The summed E-state index contributed by atoms with van der Waals surface area (Å²) in [6, 6.07) is 0.263. The smallest absolute Gasteiger partial charge is 0.307 e. The molecule has 1 fully saturated rings. The van der Waals surface area contributed by atoms with Crippen molar-refractivity contribution in [3.05, 3.63) is 0 Å². The molecule has 1 unspecified atom stereocenters. The maximum absolute atomic E-state index is 11.3. The van der Waals surface area contributed by atoms with E-state index in [4.69, 9.17) is 4.74 Å². The van der Waals surface area contributed by atoms with Gasteiger partial charge in [-0.3, -0.25) is 4.79 Å². The molecule has 1 aliphatic heterocycles. The van der Waals surface area contributed by atoms with Crippen molar-refractivity contribution < 1.29 is 9.53 Å². The molecule has 1 aliphatic rings. The minimum atomic E-state index is -0.120. The first-order valence-electron chi connectivity index (χ1n) is 5.79. The fourth-order valence-electron chi connectivity index (χ4n) is 2.64. The lowest BCUT2D eigenvalue weighted by Crippen LogP contribution is -2.40. The number of hydrogen-bond donors (Lipinski definition) is 0. The SMILES string of the molecule is COC(=O)CC1CN(C)CC(C)(C)CN1C. The zero-order valence-electron chi connectivity index (χ0n) is 11.1. The third-order valence-electron chi connectivity index (χ3n) is 3.15. The first-order chi connectivity index (χ1) is 7.34. The van der Waals surface area contributed by atoms with Gasteiger partial charge in [0.25, 0.3) is 0 Å². The van der Waals surface area contributed by atoms with Crippen LogP contribution < -0.4 is 0 Å². The van der Waals surface area contributed by atoms with Crippen molar-refractivity contribution in [1.29, 1.82) is 0 Å². The van der Waals surface area contributed by atoms with E-state index in [-0.39, 0.29) is 17.4 Å². The second-order valence-corrected chi connectivity index (χ2v) is 5.71. The van der Waals surface area contributed by atoms with E-state index in [1.807, 2.05) is 0 Å². The fraction of sp³-hybridized carbons (Fsp3) is 0.917. The molecule has 0 spiro atoms. The number of ether oxygens (including phenoxy) is 1. The van der Waals surface area contributed by atoms with E-state index in [0.717, 1.165) is 19.6 Å². The van der Waals surface area contributed by atoms with Crippen LogP contribution in [0, 0.1) is 5.41 Å². The van der Waals surface area contributed by atoms with E-state index in [9.17, 15) is 4.79 Å². The molecule has 1 heterocycles. The standard InChI is InChI=1S/C12H24N2O2/c1-12(2)8-13(3)7-10(14(4)9-12)6-11(15)16-5/h10H,6-9H2,1-5H3. The van der Waals surface area contributed by atoms with Gasteiger partial charge in [0, 0.05) is 25.7 Å². The molecule has 0 radical (unpaired) electrons. The van der Waals surface area contributed by atoms with Crippen molar-refractivity contribution >= 4 is 5.97 Å². The van der Waals surface area contributed by atoms with E-state index in [2.05, 4.69) is 37.7 Å². The van der Waals surface area contributed by atoms with Crippen LogP contribution in [0.4, 0.5) is 0 Å². The van der Waals surface area contributed by atoms with Crippen molar-refractivity contribution in [2.75, 3.05) is 40.8 Å². The number of carbonyl (C=O) groups is 1. The molecule has 4 heteroatoms. The summed E-state index contributed by atoms with van der Waals surface area (Å²) in [7, 11) is 5.66. The zero-order chi connectivity index (χ0) is 12.3. The Kier molecular flexibility index (Phi) is 4.33. The van der Waals surface area contributed by atoms with E-state index in [0.29, 0.717) is 6.42 Å². The normalized spacial score (nSPS) is 27.4. The van der Waals surface area contributed by atoms with Crippen molar-refractivity contribution in [1.82, 2.24) is 9.80 Å². The van der Waals surface area contributed by atoms with Gasteiger partial charge in [-0.25, -0.2) is 0 Å². The van der Waals surface area contributed by atoms with Crippen LogP contribution >= 0.6 is 0 Å². The third kappa shape index (κ3) is 3.76. The Morgan fingerprint density at radius 1 is 1.38 bits per heavy atom. The maximum atomic E-state index is 11.3. The summed E-state index contributed by atoms with van der Waals surface area (Å²) in [6.45, 7) is 7.53. The first-order valence-corrected chi connectivity index (χ1v) is 5.79. The molecule has 1 atom stereocenters. The number of methoxy groups -OCH3 is 1. The summed E-state index contributed by atoms with van der Waals surface area (Å²) >= 11 is 0. The minimum Gasteiger partial charge on any atom is -0.469 e. The van der Waals surface area contributed by atoms with Crippen LogP contribution in [0.15, 0.2) is 0 Å². The summed E-state index contributed by atoms with van der Waals surface area (Å²) in [5.74, 6) is -0.120. The van der Waals surface area contributed by atoms with Crippen LogP contribution in [-0.4, -0.2) is 62.7 Å². The highest BCUT2D eigenvalue weighted by molar-refractivity contribution is 5.69. The summed E-state index contributed by atoms with van der Waals surface area (Å²) in [5.41, 5.74) is 0.272. The summed E-state index contributed by atoms with van der Waals surface area (Å²) in [5, 5.41) is 0. The van der Waals surface area contributed by atoms with Gasteiger partial charge in [-0.05, 0) is 19.5 Å². The first kappa shape index (κ1) is 13.5. The largest absolute Gasteiger partial charge is 0.469 e. The van der Waals surface area contributed by atoms with Crippen molar-refractivity contribution in [2.45, 2.75) is 26.3 Å². The number of likely N-dealkylation sites (N-methyl/N-ethyl adjacent to an activating group) is 2. The second-order valence-electron chi connectivity index (χ2n) is 5.71. The van der Waals surface area contributed by atoms with Crippen LogP contribution in [0.2, 0.25) is 0 Å². The van der Waals surface area contributed by atoms with Crippen molar-refractivity contribution in [3.63, 3.8) is 0 Å². The molecule has 0 N–H and O–H groups in total. The van der Waals surface area contributed by atoms with Gasteiger partial charge < -0.3 is 14.5 Å². The van der Waals surface area contributed by atoms with E-state index in [1.165, 1.54) is 7.11 Å². The molecule has 16 heavy (non-hydrogen) atoms. The lowest BCUT2D eigenvalue weighted by molar-refractivity contribution is -0.142. The lowest BCUT2D eigenvalue weighted by atomic mass is 9.93. The molecule has 0 bridgehead atoms. The molecule has 0 amide bonds. The molecule has 1 rings (SSSR count). The average Bonchev–Trinajstić information content (AvgIpc) is 2.22. The summed E-state index contributed by atoms with van der Waals surface area (Å²) in [4.78, 5) is 15.9. The monoisotopic (exact) mass is 228 g/mol. The molecule has 1 saturated heterocycles. The lowest BCUT2D eigenvalue weighted by Gasteiger charge is -2.29. The summed E-state index contributed by atoms with van der Waals surface area (Å²) in [6.07, 6.45) is 0.480. The fourth-order valence-corrected chi connectivity index (χ4v) is 2.64. The Bertz CT molecular complexity index is 253. The van der Waals surface area contributed by atoms with E-state index < -0.39 is 0 Å². The predicted molar refractivity (Wildman–Crippen MR) is 64.3 cm³/mol. The highest BCUT2D eigenvalue weighted by Gasteiger charge is 2.31. The second kappa shape index (κ2) is 5.15. The topological polar surface area (TPSA) is 32.8 Å². The molecule has 0 aromatic carbocycles. The van der Waals surface area contributed by atoms with Crippen LogP contribution in [0.3, 0.4) is 0 Å². The van der Waals surface area contributed by atoms with Gasteiger partial charge in [-0.15, -0.1) is 0 Å². The van der Waals surface area contributed by atoms with Gasteiger partial charge in [0.1, 0.15) is 0 Å². The molecular formula is C12H24N2O2. The molecule has 0 aliphatic carbocycles. The third-order valence-corrected chi connectivity index (χ3v) is 3.15. The Morgan fingerprint density at radius 3 is 2.56 bits per heavy atom. The van der Waals surface area contributed by atoms with E-state index >= 15 is 0 Å². The predicted octanol–water partition coefficient (Wildman–Crippen LogP) is 0.821. The van der Waals surface area contributed by atoms with Gasteiger partial charge in [-0.1, -0.05) is 13.8 Å². The molecule has 0 aromatic heterocycles. The van der Waals surface area contributed by atoms with Crippen molar-refractivity contribution in [2.24, 2.45) is 5.41 Å². The number of carbonyl (C=O) groups excluding carboxylic acids is 1. The Hall–Kier alpha value is -0.610. The van der Waals surface area contributed by atoms with Crippen LogP contribution in [0.5, 0.6) is 0 Å². The summed E-state index contributed by atoms with van der Waals surface area (Å²) < 4.78 is 4.75. The zero-order valence-corrected chi connectivity index (χ0v) is 11.1. The average molecular weight is 228 g/mol. The Balaban J connectivity index is 2.67. The van der Waals surface area contributed by atoms with Gasteiger partial charge in [0.15, 0.2) is 0 Å². The molecule has 0 saturated carbocycles. The number of rotatable bonds is 2. The number of nitrogens with zero attached hydrogens (tertiary/aromatic N) is 2. The van der Waals surface area contributed by atoms with Crippen LogP contribution in [0.25, 0.3) is 0 Å². The van der Waals surface area contributed by atoms with Crippen LogP contribution in [0.1, 0.15) is 20.3 Å².